The zero-order valence-electron chi connectivity index (χ0n) is 13.4. The Labute approximate surface area is 132 Å². The van der Waals surface area contributed by atoms with Crippen molar-refractivity contribution in [1.29, 1.82) is 0 Å². The molecule has 0 amide bonds. The van der Waals surface area contributed by atoms with Gasteiger partial charge in [0.25, 0.3) is 0 Å². The molecule has 0 aliphatic carbocycles. The third-order valence-electron chi connectivity index (χ3n) is 4.25. The van der Waals surface area contributed by atoms with E-state index in [1.165, 1.54) is 0 Å². The van der Waals surface area contributed by atoms with Gasteiger partial charge in [-0.2, -0.15) is 0 Å². The largest absolute Gasteiger partial charge is 0.416 e. The molecular formula is C16H23ClN2OSi. The van der Waals surface area contributed by atoms with E-state index in [4.69, 9.17) is 16.0 Å². The second-order valence-electron chi connectivity index (χ2n) is 6.89. The summed E-state index contributed by atoms with van der Waals surface area (Å²) in [6.07, 6.45) is 4.47. The van der Waals surface area contributed by atoms with Crippen molar-refractivity contribution >= 4 is 30.7 Å². The normalized spacial score (nSPS) is 12.9. The smallest absolute Gasteiger partial charge is 0.191 e. The zero-order valence-corrected chi connectivity index (χ0v) is 15.2. The lowest BCUT2D eigenvalue weighted by atomic mass is 10.2. The van der Waals surface area contributed by atoms with Crippen LogP contribution in [0.5, 0.6) is 0 Å². The Morgan fingerprint density at radius 3 is 2.38 bits per heavy atom. The van der Waals surface area contributed by atoms with Crippen molar-refractivity contribution < 1.29 is 4.43 Å². The number of aromatic nitrogens is 2. The molecule has 2 heterocycles. The van der Waals surface area contributed by atoms with E-state index in [0.717, 1.165) is 29.5 Å². The van der Waals surface area contributed by atoms with Gasteiger partial charge in [0.1, 0.15) is 5.15 Å². The van der Waals surface area contributed by atoms with E-state index in [-0.39, 0.29) is 5.04 Å². The lowest BCUT2D eigenvalue weighted by molar-refractivity contribution is 0.291. The lowest BCUT2D eigenvalue weighted by Gasteiger charge is -2.36. The Kier molecular flexibility index (Phi) is 4.71. The zero-order chi connectivity index (χ0) is 15.7. The van der Waals surface area contributed by atoms with Crippen molar-refractivity contribution in [3.63, 3.8) is 0 Å². The molecule has 21 heavy (non-hydrogen) atoms. The van der Waals surface area contributed by atoms with Gasteiger partial charge in [0, 0.05) is 41.9 Å². The second kappa shape index (κ2) is 6.03. The molecule has 0 fully saturated rings. The molecule has 0 radical (unpaired) electrons. The summed E-state index contributed by atoms with van der Waals surface area (Å²) in [5.41, 5.74) is 1.03. The maximum Gasteiger partial charge on any atom is 0.191 e. The number of rotatable bonds is 4. The van der Waals surface area contributed by atoms with Gasteiger partial charge in [0.15, 0.2) is 8.32 Å². The Balaban J connectivity index is 2.03. The molecule has 0 aliphatic heterocycles. The fourth-order valence-corrected chi connectivity index (χ4v) is 3.03. The summed E-state index contributed by atoms with van der Waals surface area (Å²) in [4.78, 5) is 8.59. The van der Waals surface area contributed by atoms with E-state index in [0.29, 0.717) is 5.15 Å². The van der Waals surface area contributed by atoms with E-state index in [1.54, 1.807) is 6.20 Å². The van der Waals surface area contributed by atoms with Crippen LogP contribution in [0.4, 0.5) is 0 Å². The Hall–Kier alpha value is -0.973. The fraction of sp³-hybridized carbons (Fsp3) is 0.500. The first kappa shape index (κ1) is 16.4. The topological polar surface area (TPSA) is 35.0 Å². The van der Waals surface area contributed by atoms with Gasteiger partial charge in [-0.3, -0.25) is 4.98 Å². The van der Waals surface area contributed by atoms with Gasteiger partial charge in [-0.05, 0) is 30.3 Å². The third-order valence-corrected chi connectivity index (χ3v) is 9.00. The van der Waals surface area contributed by atoms with Gasteiger partial charge in [-0.1, -0.05) is 32.4 Å². The quantitative estimate of drug-likeness (QED) is 0.596. The number of hydrogen-bond acceptors (Lipinski definition) is 3. The second-order valence-corrected chi connectivity index (χ2v) is 12.1. The molecule has 2 aromatic rings. The van der Waals surface area contributed by atoms with E-state index in [2.05, 4.69) is 49.9 Å². The molecule has 2 aromatic heterocycles. The number of nitrogens with zero attached hydrogens (tertiary/aromatic N) is 2. The van der Waals surface area contributed by atoms with Crippen LogP contribution in [0.15, 0.2) is 24.5 Å². The van der Waals surface area contributed by atoms with Gasteiger partial charge in [-0.25, -0.2) is 4.98 Å². The first-order valence-electron chi connectivity index (χ1n) is 7.23. The minimum Gasteiger partial charge on any atom is -0.416 e. The molecule has 0 aliphatic rings. The van der Waals surface area contributed by atoms with Crippen LogP contribution in [0, 0.1) is 0 Å². The molecule has 2 rings (SSSR count). The van der Waals surface area contributed by atoms with Crippen LogP contribution in [0.1, 0.15) is 26.5 Å². The van der Waals surface area contributed by atoms with Gasteiger partial charge in [-0.15, -0.1) is 0 Å². The highest BCUT2D eigenvalue weighted by atomic mass is 35.5. The molecule has 0 spiro atoms. The number of hydrogen-bond donors (Lipinski definition) is 0. The maximum absolute atomic E-state index is 6.19. The summed E-state index contributed by atoms with van der Waals surface area (Å²) in [7, 11) is -1.68. The molecule has 0 unspecified atom stereocenters. The summed E-state index contributed by atoms with van der Waals surface area (Å²) in [5.74, 6) is 0. The van der Waals surface area contributed by atoms with Crippen LogP contribution in [0.25, 0.3) is 10.8 Å². The van der Waals surface area contributed by atoms with Crippen LogP contribution >= 0.6 is 11.6 Å². The number of pyridine rings is 2. The first-order chi connectivity index (χ1) is 9.69. The first-order valence-corrected chi connectivity index (χ1v) is 10.5. The van der Waals surface area contributed by atoms with Crippen LogP contribution < -0.4 is 0 Å². The van der Waals surface area contributed by atoms with Crippen molar-refractivity contribution in [3.8, 4) is 0 Å². The summed E-state index contributed by atoms with van der Waals surface area (Å²) in [6, 6.07) is 3.90. The van der Waals surface area contributed by atoms with E-state index < -0.39 is 8.32 Å². The molecule has 0 saturated carbocycles. The SMILES string of the molecule is CC(C)(C)[Si](C)(C)OCCc1cc2cnc(Cl)cc2cn1. The van der Waals surface area contributed by atoms with Crippen LogP contribution in [0.3, 0.4) is 0 Å². The molecule has 3 nitrogen and oxygen atoms in total. The lowest BCUT2D eigenvalue weighted by Crippen LogP contribution is -2.41. The summed E-state index contributed by atoms with van der Waals surface area (Å²) < 4.78 is 6.19. The average Bonchev–Trinajstić information content (AvgIpc) is 2.37. The van der Waals surface area contributed by atoms with Crippen molar-refractivity contribution in [2.45, 2.75) is 45.3 Å². The predicted octanol–water partition coefficient (Wildman–Crippen LogP) is 4.85. The standard InChI is InChI=1S/C16H23ClN2OSi/c1-16(2,3)21(4,5)20-7-6-14-8-12-11-19-15(17)9-13(12)10-18-14/h8-11H,6-7H2,1-5H3. The Morgan fingerprint density at radius 1 is 1.10 bits per heavy atom. The van der Waals surface area contributed by atoms with Gasteiger partial charge >= 0.3 is 0 Å². The molecule has 0 atom stereocenters. The minimum atomic E-state index is -1.68. The average molecular weight is 323 g/mol. The van der Waals surface area contributed by atoms with Crippen LogP contribution in [-0.2, 0) is 10.8 Å². The number of fused-ring (bicyclic) bond motifs is 1. The van der Waals surface area contributed by atoms with Crippen molar-refractivity contribution in [1.82, 2.24) is 9.97 Å². The van der Waals surface area contributed by atoms with E-state index in [9.17, 15) is 0 Å². The van der Waals surface area contributed by atoms with Crippen molar-refractivity contribution in [3.05, 3.63) is 35.4 Å². The monoisotopic (exact) mass is 322 g/mol. The molecule has 0 bridgehead atoms. The number of halogens is 1. The Morgan fingerprint density at radius 2 is 1.71 bits per heavy atom. The van der Waals surface area contributed by atoms with Crippen LogP contribution in [0.2, 0.25) is 23.3 Å². The summed E-state index contributed by atoms with van der Waals surface area (Å²) in [5, 5.41) is 2.82. The van der Waals surface area contributed by atoms with Gasteiger partial charge in [0.05, 0.1) is 0 Å². The van der Waals surface area contributed by atoms with Gasteiger partial charge < -0.3 is 4.43 Å². The molecule has 0 aromatic carbocycles. The minimum absolute atomic E-state index is 0.241. The predicted molar refractivity (Wildman–Crippen MR) is 91.4 cm³/mol. The molecular weight excluding hydrogens is 300 g/mol. The molecule has 0 N–H and O–H groups in total. The molecule has 0 saturated heterocycles. The van der Waals surface area contributed by atoms with Crippen LogP contribution in [-0.4, -0.2) is 24.9 Å². The highest BCUT2D eigenvalue weighted by Crippen LogP contribution is 2.36. The third kappa shape index (κ3) is 4.02. The van der Waals surface area contributed by atoms with Crippen molar-refractivity contribution in [2.75, 3.05) is 6.61 Å². The van der Waals surface area contributed by atoms with Gasteiger partial charge in [0.2, 0.25) is 0 Å². The highest BCUT2D eigenvalue weighted by Gasteiger charge is 2.36. The highest BCUT2D eigenvalue weighted by molar-refractivity contribution is 6.74. The Bertz CT molecular complexity index is 638. The molecule has 5 heteroatoms. The van der Waals surface area contributed by atoms with E-state index in [1.807, 2.05) is 12.3 Å². The summed E-state index contributed by atoms with van der Waals surface area (Å²) in [6.45, 7) is 12.0. The molecule has 114 valence electrons. The summed E-state index contributed by atoms with van der Waals surface area (Å²) >= 11 is 5.88. The fourth-order valence-electron chi connectivity index (χ4n) is 1.82. The van der Waals surface area contributed by atoms with Crippen molar-refractivity contribution in [2.24, 2.45) is 0 Å². The maximum atomic E-state index is 6.19. The van der Waals surface area contributed by atoms with E-state index >= 15 is 0 Å².